The van der Waals surface area contributed by atoms with Crippen molar-refractivity contribution < 1.29 is 33.6 Å². The van der Waals surface area contributed by atoms with Gasteiger partial charge in [0.2, 0.25) is 0 Å². The van der Waals surface area contributed by atoms with E-state index in [0.717, 1.165) is 28.0 Å². The second-order valence-corrected chi connectivity index (χ2v) is 11.1. The lowest BCUT2D eigenvalue weighted by Gasteiger charge is -2.33. The van der Waals surface area contributed by atoms with Crippen LogP contribution in [-0.4, -0.2) is 35.6 Å². The molecule has 4 aromatic rings. The summed E-state index contributed by atoms with van der Waals surface area (Å²) in [4.78, 5) is 34.6. The molecule has 1 aliphatic rings. The van der Waals surface area contributed by atoms with Gasteiger partial charge >= 0.3 is 5.97 Å². The molecule has 0 fully saturated rings. The molecule has 12 nitrogen and oxygen atoms in total. The number of nitrogens with one attached hydrogen (secondary N) is 1. The van der Waals surface area contributed by atoms with Crippen molar-refractivity contribution in [1.82, 2.24) is 0 Å². The highest BCUT2D eigenvalue weighted by atomic mass is 16.6. The molecule has 0 amide bonds. The Kier molecular flexibility index (Phi) is 8.63. The van der Waals surface area contributed by atoms with Crippen molar-refractivity contribution >= 4 is 28.6 Å². The van der Waals surface area contributed by atoms with Crippen LogP contribution in [0.5, 0.6) is 23.0 Å². The standard InChI is InChI=1S/C34H31N3O9/c1-20-18-34(2,3)35-27-14-13-23(26(32(20)27)19-45-31-16-21(36(39)40)10-15-29(31)43-4)24-12-11-22(17-30(24)44-5)46-33(38)25-8-6-7-9-28(25)37(41)42/h6-18,35H,19H2,1-5H3. The van der Waals surface area contributed by atoms with Crippen LogP contribution in [0, 0.1) is 20.2 Å². The lowest BCUT2D eigenvalue weighted by molar-refractivity contribution is -0.385. The third-order valence-electron chi connectivity index (χ3n) is 7.47. The Labute approximate surface area is 264 Å². The van der Waals surface area contributed by atoms with E-state index in [0.29, 0.717) is 17.1 Å². The molecule has 0 saturated heterocycles. The largest absolute Gasteiger partial charge is 0.496 e. The van der Waals surface area contributed by atoms with Crippen molar-refractivity contribution in [3.05, 3.63) is 116 Å². The molecule has 0 aliphatic carbocycles. The predicted octanol–water partition coefficient (Wildman–Crippen LogP) is 7.59. The van der Waals surface area contributed by atoms with Gasteiger partial charge in [0.15, 0.2) is 11.5 Å². The Hall–Kier alpha value is -5.91. The average Bonchev–Trinajstić information content (AvgIpc) is 3.02. The zero-order chi connectivity index (χ0) is 33.2. The molecule has 5 rings (SSSR count). The van der Waals surface area contributed by atoms with Crippen molar-refractivity contribution in [2.75, 3.05) is 19.5 Å². The van der Waals surface area contributed by atoms with Gasteiger partial charge in [-0.15, -0.1) is 0 Å². The molecule has 12 heteroatoms. The van der Waals surface area contributed by atoms with Gasteiger partial charge in [0.1, 0.15) is 23.7 Å². The summed E-state index contributed by atoms with van der Waals surface area (Å²) in [6.45, 7) is 6.14. The van der Waals surface area contributed by atoms with E-state index in [2.05, 4.69) is 25.2 Å². The third-order valence-corrected chi connectivity index (χ3v) is 7.47. The van der Waals surface area contributed by atoms with Crippen molar-refractivity contribution in [3.8, 4) is 34.1 Å². The van der Waals surface area contributed by atoms with Crippen LogP contribution in [0.15, 0.2) is 78.9 Å². The van der Waals surface area contributed by atoms with Crippen LogP contribution < -0.4 is 24.3 Å². The van der Waals surface area contributed by atoms with Crippen LogP contribution in [0.2, 0.25) is 0 Å². The molecule has 0 atom stereocenters. The molecule has 0 aromatic heterocycles. The highest BCUT2D eigenvalue weighted by Crippen LogP contribution is 2.44. The van der Waals surface area contributed by atoms with Gasteiger partial charge in [-0.2, -0.15) is 0 Å². The molecule has 0 radical (unpaired) electrons. The van der Waals surface area contributed by atoms with E-state index >= 15 is 0 Å². The van der Waals surface area contributed by atoms with Crippen LogP contribution in [0.1, 0.15) is 42.3 Å². The number of carbonyl (C=O) groups is 1. The predicted molar refractivity (Wildman–Crippen MR) is 172 cm³/mol. The highest BCUT2D eigenvalue weighted by Gasteiger charge is 2.28. The van der Waals surface area contributed by atoms with Gasteiger partial charge in [0.05, 0.1) is 35.7 Å². The molecule has 236 valence electrons. The number of nitrogens with zero attached hydrogens (tertiary/aromatic N) is 2. The fourth-order valence-corrected chi connectivity index (χ4v) is 5.57. The number of non-ortho nitro benzene ring substituents is 1. The summed E-state index contributed by atoms with van der Waals surface area (Å²) in [6, 6.07) is 18.4. The molecule has 1 N–H and O–H groups in total. The first-order valence-corrected chi connectivity index (χ1v) is 14.2. The third kappa shape index (κ3) is 6.32. The minimum absolute atomic E-state index is 0.0148. The zero-order valence-corrected chi connectivity index (χ0v) is 25.8. The monoisotopic (exact) mass is 625 g/mol. The van der Waals surface area contributed by atoms with Gasteiger partial charge in [-0.05, 0) is 62.2 Å². The normalized spacial score (nSPS) is 13.0. The number of hydrogen-bond donors (Lipinski definition) is 1. The summed E-state index contributed by atoms with van der Waals surface area (Å²) in [7, 11) is 2.93. The second-order valence-electron chi connectivity index (χ2n) is 11.1. The quantitative estimate of drug-likeness (QED) is 0.0807. The minimum Gasteiger partial charge on any atom is -0.496 e. The number of nitro groups is 2. The molecule has 46 heavy (non-hydrogen) atoms. The Balaban J connectivity index is 1.57. The van der Waals surface area contributed by atoms with E-state index in [1.165, 1.54) is 62.8 Å². The molecule has 0 unspecified atom stereocenters. The van der Waals surface area contributed by atoms with Gasteiger partial charge in [-0.1, -0.05) is 24.3 Å². The smallest absolute Gasteiger partial charge is 0.350 e. The van der Waals surface area contributed by atoms with Crippen molar-refractivity contribution in [1.29, 1.82) is 0 Å². The molecule has 0 bridgehead atoms. The van der Waals surface area contributed by atoms with Crippen LogP contribution in [-0.2, 0) is 6.61 Å². The first-order chi connectivity index (χ1) is 21.9. The molecule has 0 saturated carbocycles. The molecular weight excluding hydrogens is 594 g/mol. The van der Waals surface area contributed by atoms with E-state index in [9.17, 15) is 25.0 Å². The summed E-state index contributed by atoms with van der Waals surface area (Å²) >= 11 is 0. The molecular formula is C34H31N3O9. The van der Waals surface area contributed by atoms with Crippen LogP contribution in [0.4, 0.5) is 17.1 Å². The molecule has 1 heterocycles. The maximum absolute atomic E-state index is 12.9. The topological polar surface area (TPSA) is 152 Å². The second kappa shape index (κ2) is 12.6. The van der Waals surface area contributed by atoms with E-state index in [4.69, 9.17) is 18.9 Å². The molecule has 1 aliphatic heterocycles. The number of anilines is 1. The van der Waals surface area contributed by atoms with Crippen LogP contribution in [0.25, 0.3) is 16.7 Å². The summed E-state index contributed by atoms with van der Waals surface area (Å²) in [6.07, 6.45) is 2.11. The Bertz CT molecular complexity index is 1900. The van der Waals surface area contributed by atoms with Gasteiger partial charge < -0.3 is 24.3 Å². The van der Waals surface area contributed by atoms with E-state index < -0.39 is 15.8 Å². The number of nitro benzene ring substituents is 2. The van der Waals surface area contributed by atoms with E-state index in [-0.39, 0.29) is 40.6 Å². The number of para-hydroxylation sites is 1. The number of carbonyl (C=O) groups excluding carboxylic acids is 1. The fourth-order valence-electron chi connectivity index (χ4n) is 5.57. The number of fused-ring (bicyclic) bond motifs is 1. The number of esters is 1. The number of hydrogen-bond acceptors (Lipinski definition) is 10. The van der Waals surface area contributed by atoms with Gasteiger partial charge in [-0.25, -0.2) is 4.79 Å². The Morgan fingerprint density at radius 2 is 1.57 bits per heavy atom. The minimum atomic E-state index is -0.884. The van der Waals surface area contributed by atoms with Crippen LogP contribution in [0.3, 0.4) is 0 Å². The van der Waals surface area contributed by atoms with Crippen molar-refractivity contribution in [2.45, 2.75) is 32.9 Å². The Morgan fingerprint density at radius 3 is 2.26 bits per heavy atom. The zero-order valence-electron chi connectivity index (χ0n) is 25.8. The van der Waals surface area contributed by atoms with Crippen molar-refractivity contribution in [2.24, 2.45) is 0 Å². The maximum Gasteiger partial charge on any atom is 0.350 e. The first kappa shape index (κ1) is 31.5. The van der Waals surface area contributed by atoms with Gasteiger partial charge in [0.25, 0.3) is 11.4 Å². The van der Waals surface area contributed by atoms with Crippen molar-refractivity contribution in [3.63, 3.8) is 0 Å². The maximum atomic E-state index is 12.9. The summed E-state index contributed by atoms with van der Waals surface area (Å²) in [5.41, 5.74) is 3.95. The van der Waals surface area contributed by atoms with E-state index in [1.807, 2.05) is 19.1 Å². The number of allylic oxidation sites excluding steroid dienone is 1. The van der Waals surface area contributed by atoms with Gasteiger partial charge in [0, 0.05) is 40.6 Å². The van der Waals surface area contributed by atoms with Crippen LogP contribution >= 0.6 is 0 Å². The van der Waals surface area contributed by atoms with E-state index in [1.54, 1.807) is 12.1 Å². The number of methoxy groups -OCH3 is 2. The summed E-state index contributed by atoms with van der Waals surface area (Å²) in [5.74, 6) is 0.152. The summed E-state index contributed by atoms with van der Waals surface area (Å²) < 4.78 is 22.9. The molecule has 0 spiro atoms. The lowest BCUT2D eigenvalue weighted by Crippen LogP contribution is -2.32. The lowest BCUT2D eigenvalue weighted by atomic mass is 9.85. The number of rotatable bonds is 10. The number of benzene rings is 4. The summed E-state index contributed by atoms with van der Waals surface area (Å²) in [5, 5.41) is 26.4. The molecule has 4 aromatic carbocycles. The van der Waals surface area contributed by atoms with Gasteiger partial charge in [-0.3, -0.25) is 20.2 Å². The highest BCUT2D eigenvalue weighted by molar-refractivity contribution is 5.95. The fraction of sp³-hybridized carbons (Fsp3) is 0.206. The Morgan fingerprint density at radius 1 is 0.848 bits per heavy atom. The average molecular weight is 626 g/mol. The number of ether oxygens (including phenoxy) is 4. The first-order valence-electron chi connectivity index (χ1n) is 14.2. The SMILES string of the molecule is COc1ccc([N+](=O)[O-])cc1OCc1c(-c2ccc(OC(=O)c3ccccc3[N+](=O)[O-])cc2OC)ccc2c1C(C)=CC(C)(C)N2.